The highest BCUT2D eigenvalue weighted by molar-refractivity contribution is 5.76. The number of amides is 1. The number of carbonyl (C=O) groups excluding carboxylic acids is 2. The lowest BCUT2D eigenvalue weighted by molar-refractivity contribution is -0.143. The molecule has 6 nitrogen and oxygen atoms in total. The van der Waals surface area contributed by atoms with Crippen molar-refractivity contribution < 1.29 is 24.5 Å². The third-order valence-corrected chi connectivity index (χ3v) is 17.3. The van der Waals surface area contributed by atoms with Gasteiger partial charge in [0, 0.05) is 12.8 Å². The number of carbonyl (C=O) groups is 2. The predicted molar refractivity (Wildman–Crippen MR) is 352 cm³/mol. The van der Waals surface area contributed by atoms with Crippen LogP contribution < -0.4 is 5.32 Å². The van der Waals surface area contributed by atoms with Gasteiger partial charge >= 0.3 is 5.97 Å². The van der Waals surface area contributed by atoms with E-state index in [9.17, 15) is 19.8 Å². The highest BCUT2D eigenvalue weighted by Gasteiger charge is 2.20. The zero-order chi connectivity index (χ0) is 57.8. The lowest BCUT2D eigenvalue weighted by Gasteiger charge is -2.22. The van der Waals surface area contributed by atoms with Crippen molar-refractivity contribution in [1.29, 1.82) is 0 Å². The van der Waals surface area contributed by atoms with Gasteiger partial charge in [0.05, 0.1) is 25.4 Å². The molecule has 0 aromatic carbocycles. The van der Waals surface area contributed by atoms with E-state index in [1.54, 1.807) is 0 Å². The van der Waals surface area contributed by atoms with Crippen LogP contribution in [-0.2, 0) is 14.3 Å². The van der Waals surface area contributed by atoms with Crippen LogP contribution in [0.15, 0.2) is 24.3 Å². The average molecular weight is 1130 g/mol. The third-order valence-electron chi connectivity index (χ3n) is 17.3. The van der Waals surface area contributed by atoms with Crippen molar-refractivity contribution >= 4 is 11.9 Å². The monoisotopic (exact) mass is 1130 g/mol. The third kappa shape index (κ3) is 65.5. The quantitative estimate of drug-likeness (QED) is 0.0320. The molecule has 0 saturated carbocycles. The van der Waals surface area contributed by atoms with Gasteiger partial charge in [0.2, 0.25) is 5.91 Å². The van der Waals surface area contributed by atoms with E-state index in [-0.39, 0.29) is 18.5 Å². The zero-order valence-corrected chi connectivity index (χ0v) is 54.3. The summed E-state index contributed by atoms with van der Waals surface area (Å²) in [5.41, 5.74) is 0. The van der Waals surface area contributed by atoms with Crippen LogP contribution in [-0.4, -0.2) is 47.4 Å². The molecule has 474 valence electrons. The second-order valence-corrected chi connectivity index (χ2v) is 25.3. The topological polar surface area (TPSA) is 95.9 Å². The summed E-state index contributed by atoms with van der Waals surface area (Å²) >= 11 is 0. The molecule has 0 heterocycles. The minimum atomic E-state index is -0.660. The number of rotatable bonds is 69. The van der Waals surface area contributed by atoms with E-state index in [0.717, 1.165) is 44.9 Å². The molecular formula is C74H143NO5. The zero-order valence-electron chi connectivity index (χ0n) is 54.3. The van der Waals surface area contributed by atoms with Crippen LogP contribution in [0.3, 0.4) is 0 Å². The summed E-state index contributed by atoms with van der Waals surface area (Å²) in [5.74, 6) is -0.00863. The largest absolute Gasteiger partial charge is 0.466 e. The summed E-state index contributed by atoms with van der Waals surface area (Å²) in [6.07, 6.45) is 88.3. The summed E-state index contributed by atoms with van der Waals surface area (Å²) in [5, 5.41) is 23.3. The van der Waals surface area contributed by atoms with Gasteiger partial charge in [-0.3, -0.25) is 9.59 Å². The molecule has 0 aliphatic rings. The van der Waals surface area contributed by atoms with Crippen LogP contribution in [0.4, 0.5) is 0 Å². The average Bonchev–Trinajstić information content (AvgIpc) is 3.46. The van der Waals surface area contributed by atoms with Crippen molar-refractivity contribution in [1.82, 2.24) is 5.32 Å². The summed E-state index contributed by atoms with van der Waals surface area (Å²) in [7, 11) is 0. The standard InChI is InChI=1S/C74H143NO5/c1-3-5-7-9-11-13-15-46-50-54-58-62-66-72(77)71(70-76)75-73(78)67-63-59-55-51-47-44-42-40-38-36-34-32-30-28-26-24-22-20-18-17-19-21-23-25-27-29-31-33-35-37-39-41-43-45-49-53-57-61-65-69-80-74(79)68-64-60-56-52-48-16-14-12-10-8-6-4-2/h17-18,21,23,71-72,76-77H,3-16,19-20,22,24-70H2,1-2H3,(H,75,78)/b18-17-,23-21-. The summed E-state index contributed by atoms with van der Waals surface area (Å²) in [6, 6.07) is -0.537. The number of allylic oxidation sites excluding steroid dienone is 4. The molecule has 1 amide bonds. The molecule has 0 aromatic heterocycles. The minimum Gasteiger partial charge on any atom is -0.466 e. The maximum atomic E-state index is 12.5. The van der Waals surface area contributed by atoms with Crippen LogP contribution in [0.25, 0.3) is 0 Å². The van der Waals surface area contributed by atoms with Gasteiger partial charge in [-0.05, 0) is 57.8 Å². The SMILES string of the molecule is CCCCCCCCCCCCCCC(=O)OCCCCCCCCCCCCCCCCC/C=C\C/C=C\CCCCCCCCCCCCCCCCCCCC(=O)NC(CO)C(O)CCCCCCCCCCCCCC. The van der Waals surface area contributed by atoms with Gasteiger partial charge in [0.25, 0.3) is 0 Å². The van der Waals surface area contributed by atoms with Gasteiger partial charge in [-0.1, -0.05) is 366 Å². The number of esters is 1. The van der Waals surface area contributed by atoms with Crippen LogP contribution >= 0.6 is 0 Å². The molecule has 2 atom stereocenters. The Labute approximate surface area is 501 Å². The fraction of sp³-hybridized carbons (Fsp3) is 0.919. The Morgan fingerprint density at radius 3 is 0.950 bits per heavy atom. The van der Waals surface area contributed by atoms with E-state index in [4.69, 9.17) is 4.74 Å². The molecule has 0 aliphatic heterocycles. The maximum absolute atomic E-state index is 12.5. The van der Waals surface area contributed by atoms with E-state index in [2.05, 4.69) is 43.5 Å². The first kappa shape index (κ1) is 78.3. The molecule has 3 N–H and O–H groups in total. The van der Waals surface area contributed by atoms with Crippen molar-refractivity contribution in [3.05, 3.63) is 24.3 Å². The number of nitrogens with one attached hydrogen (secondary N) is 1. The smallest absolute Gasteiger partial charge is 0.305 e. The Morgan fingerprint density at radius 2 is 0.625 bits per heavy atom. The van der Waals surface area contributed by atoms with E-state index < -0.39 is 12.1 Å². The number of aliphatic hydroxyl groups excluding tert-OH is 2. The van der Waals surface area contributed by atoms with E-state index in [0.29, 0.717) is 25.9 Å². The Morgan fingerprint density at radius 1 is 0.350 bits per heavy atom. The Hall–Kier alpha value is -1.66. The van der Waals surface area contributed by atoms with E-state index >= 15 is 0 Å². The number of hydrogen-bond acceptors (Lipinski definition) is 5. The molecule has 0 aliphatic carbocycles. The van der Waals surface area contributed by atoms with Crippen LogP contribution in [0.5, 0.6) is 0 Å². The van der Waals surface area contributed by atoms with Gasteiger partial charge in [-0.15, -0.1) is 0 Å². The second-order valence-electron chi connectivity index (χ2n) is 25.3. The predicted octanol–water partition coefficient (Wildman–Crippen LogP) is 23.7. The fourth-order valence-corrected chi connectivity index (χ4v) is 11.7. The first-order chi connectivity index (χ1) is 39.5. The lowest BCUT2D eigenvalue weighted by atomic mass is 10.0. The highest BCUT2D eigenvalue weighted by atomic mass is 16.5. The van der Waals surface area contributed by atoms with Crippen molar-refractivity contribution in [2.75, 3.05) is 13.2 Å². The van der Waals surface area contributed by atoms with Gasteiger partial charge in [0.15, 0.2) is 0 Å². The van der Waals surface area contributed by atoms with E-state index in [1.807, 2.05) is 0 Å². The summed E-state index contributed by atoms with van der Waals surface area (Å²) in [4.78, 5) is 24.5. The highest BCUT2D eigenvalue weighted by Crippen LogP contribution is 2.19. The molecule has 0 bridgehead atoms. The van der Waals surface area contributed by atoms with Crippen molar-refractivity contribution in [2.45, 2.75) is 424 Å². The number of ether oxygens (including phenoxy) is 1. The molecule has 0 fully saturated rings. The van der Waals surface area contributed by atoms with Crippen LogP contribution in [0, 0.1) is 0 Å². The molecule has 6 heteroatoms. The van der Waals surface area contributed by atoms with Gasteiger partial charge < -0.3 is 20.3 Å². The fourth-order valence-electron chi connectivity index (χ4n) is 11.7. The molecular weight excluding hydrogens is 983 g/mol. The molecule has 0 aromatic rings. The van der Waals surface area contributed by atoms with Crippen LogP contribution in [0.1, 0.15) is 412 Å². The van der Waals surface area contributed by atoms with Crippen molar-refractivity contribution in [3.63, 3.8) is 0 Å². The lowest BCUT2D eigenvalue weighted by Crippen LogP contribution is -2.45. The van der Waals surface area contributed by atoms with Gasteiger partial charge in [-0.2, -0.15) is 0 Å². The maximum Gasteiger partial charge on any atom is 0.305 e. The molecule has 80 heavy (non-hydrogen) atoms. The number of hydrogen-bond donors (Lipinski definition) is 3. The first-order valence-corrected chi connectivity index (χ1v) is 36.6. The Bertz CT molecular complexity index is 1250. The minimum absolute atomic E-state index is 0.0216. The summed E-state index contributed by atoms with van der Waals surface area (Å²) < 4.78 is 5.48. The number of aliphatic hydroxyl groups is 2. The molecule has 0 saturated heterocycles. The van der Waals surface area contributed by atoms with Gasteiger partial charge in [0.1, 0.15) is 0 Å². The van der Waals surface area contributed by atoms with Crippen molar-refractivity contribution in [2.24, 2.45) is 0 Å². The Balaban J connectivity index is 3.33. The van der Waals surface area contributed by atoms with Gasteiger partial charge in [-0.25, -0.2) is 0 Å². The van der Waals surface area contributed by atoms with Crippen LogP contribution in [0.2, 0.25) is 0 Å². The number of unbranched alkanes of at least 4 members (excludes halogenated alkanes) is 54. The van der Waals surface area contributed by atoms with Crippen molar-refractivity contribution in [3.8, 4) is 0 Å². The second kappa shape index (κ2) is 69.8. The normalized spacial score (nSPS) is 12.6. The Kier molecular flexibility index (Phi) is 68.4. The van der Waals surface area contributed by atoms with E-state index in [1.165, 1.54) is 334 Å². The summed E-state index contributed by atoms with van der Waals surface area (Å²) in [6.45, 7) is 4.98. The molecule has 2 unspecified atom stereocenters. The molecule has 0 spiro atoms. The molecule has 0 rings (SSSR count). The first-order valence-electron chi connectivity index (χ1n) is 36.6. The molecule has 0 radical (unpaired) electrons.